The van der Waals surface area contributed by atoms with Crippen LogP contribution in [0.15, 0.2) is 91.1 Å². The predicted octanol–water partition coefficient (Wildman–Crippen LogP) is 4.54. The summed E-state index contributed by atoms with van der Waals surface area (Å²) >= 11 is 0. The van der Waals surface area contributed by atoms with E-state index in [1.807, 2.05) is 60.7 Å². The molecule has 34 heavy (non-hydrogen) atoms. The number of hydrogen-bond donors (Lipinski definition) is 1. The number of nitrogens with one attached hydrogen (secondary N) is 1. The number of hydrogen-bond acceptors (Lipinski definition) is 6. The quantitative estimate of drug-likeness (QED) is 0.300. The zero-order valence-corrected chi connectivity index (χ0v) is 17.8. The van der Waals surface area contributed by atoms with Gasteiger partial charge in [0.05, 0.1) is 11.1 Å². The molecule has 2 aromatic heterocycles. The van der Waals surface area contributed by atoms with Crippen LogP contribution < -0.4 is 5.32 Å². The van der Waals surface area contributed by atoms with Gasteiger partial charge < -0.3 is 0 Å². The molecule has 0 saturated heterocycles. The minimum atomic E-state index is -0.545. The molecule has 2 heterocycles. The molecule has 5 rings (SSSR count). The Kier molecular flexibility index (Phi) is 5.49. The van der Waals surface area contributed by atoms with Gasteiger partial charge in [0.1, 0.15) is 0 Å². The van der Waals surface area contributed by atoms with Crippen LogP contribution in [0.25, 0.3) is 17.0 Å². The molecular weight excluding hydrogens is 432 g/mol. The van der Waals surface area contributed by atoms with Crippen LogP contribution in [-0.4, -0.2) is 30.4 Å². The lowest BCUT2D eigenvalue weighted by atomic mass is 10.1. The fourth-order valence-corrected chi connectivity index (χ4v) is 3.60. The Hall–Kier alpha value is -4.92. The molecule has 0 aliphatic rings. The molecule has 0 fully saturated rings. The standard InChI is InChI=1S/C25H18N6O3/c32-24(19-12-7-13-21(15-19)31(33)34)29-25-28-22(18-10-5-2-6-11-18)27-23-20(16-26-30(23)25)14-17-8-3-1-4-9-17/h1-13,15-16H,14H2,(H,27,28,29,32). The Morgan fingerprint density at radius 3 is 2.41 bits per heavy atom. The van der Waals surface area contributed by atoms with Gasteiger partial charge in [0, 0.05) is 35.2 Å². The third-order valence-electron chi connectivity index (χ3n) is 5.25. The van der Waals surface area contributed by atoms with Crippen molar-refractivity contribution in [1.29, 1.82) is 0 Å². The highest BCUT2D eigenvalue weighted by atomic mass is 16.6. The average Bonchev–Trinajstić information content (AvgIpc) is 3.28. The minimum absolute atomic E-state index is 0.138. The first-order valence-corrected chi connectivity index (χ1v) is 10.5. The number of nitro groups is 1. The van der Waals surface area contributed by atoms with E-state index in [2.05, 4.69) is 15.4 Å². The summed E-state index contributed by atoms with van der Waals surface area (Å²) in [6.45, 7) is 0. The minimum Gasteiger partial charge on any atom is -0.290 e. The van der Waals surface area contributed by atoms with E-state index in [-0.39, 0.29) is 17.2 Å². The van der Waals surface area contributed by atoms with Crippen molar-refractivity contribution in [3.05, 3.63) is 118 Å². The van der Waals surface area contributed by atoms with Crippen molar-refractivity contribution >= 4 is 23.2 Å². The summed E-state index contributed by atoms with van der Waals surface area (Å²) in [7, 11) is 0. The van der Waals surface area contributed by atoms with Gasteiger partial charge in [-0.2, -0.15) is 14.6 Å². The lowest BCUT2D eigenvalue weighted by Gasteiger charge is -2.09. The number of amides is 1. The molecule has 0 aliphatic carbocycles. The number of fused-ring (bicyclic) bond motifs is 1. The first-order valence-electron chi connectivity index (χ1n) is 10.5. The van der Waals surface area contributed by atoms with E-state index in [4.69, 9.17) is 4.98 Å². The third kappa shape index (κ3) is 4.22. The van der Waals surface area contributed by atoms with Gasteiger partial charge in [-0.15, -0.1) is 0 Å². The normalized spacial score (nSPS) is 10.8. The smallest absolute Gasteiger partial charge is 0.270 e. The number of aromatic nitrogens is 4. The molecule has 0 radical (unpaired) electrons. The Balaban J connectivity index is 1.58. The number of rotatable bonds is 6. The van der Waals surface area contributed by atoms with Gasteiger partial charge >= 0.3 is 0 Å². The van der Waals surface area contributed by atoms with Crippen molar-refractivity contribution in [2.24, 2.45) is 0 Å². The van der Waals surface area contributed by atoms with E-state index in [1.54, 1.807) is 6.20 Å². The van der Waals surface area contributed by atoms with Crippen molar-refractivity contribution < 1.29 is 9.72 Å². The molecule has 0 saturated carbocycles. The predicted molar refractivity (Wildman–Crippen MR) is 127 cm³/mol. The van der Waals surface area contributed by atoms with Gasteiger partial charge in [-0.25, -0.2) is 4.98 Å². The van der Waals surface area contributed by atoms with Gasteiger partial charge in [-0.05, 0) is 11.6 Å². The second-order valence-corrected chi connectivity index (χ2v) is 7.57. The molecule has 0 unspecified atom stereocenters. The van der Waals surface area contributed by atoms with E-state index in [0.717, 1.165) is 16.7 Å². The van der Waals surface area contributed by atoms with Crippen molar-refractivity contribution in [3.8, 4) is 11.4 Å². The largest absolute Gasteiger partial charge is 0.290 e. The molecule has 3 aromatic carbocycles. The highest BCUT2D eigenvalue weighted by Crippen LogP contribution is 2.23. The van der Waals surface area contributed by atoms with E-state index < -0.39 is 10.8 Å². The van der Waals surface area contributed by atoms with E-state index in [0.29, 0.717) is 17.9 Å². The molecule has 9 heteroatoms. The van der Waals surface area contributed by atoms with E-state index >= 15 is 0 Å². The lowest BCUT2D eigenvalue weighted by Crippen LogP contribution is -2.17. The molecule has 166 valence electrons. The van der Waals surface area contributed by atoms with Crippen LogP contribution in [0.5, 0.6) is 0 Å². The number of non-ortho nitro benzene ring substituents is 1. The molecule has 0 aliphatic heterocycles. The van der Waals surface area contributed by atoms with Gasteiger partial charge in [0.15, 0.2) is 11.5 Å². The molecular formula is C25H18N6O3. The first kappa shape index (κ1) is 21.0. The van der Waals surface area contributed by atoms with E-state index in [1.165, 1.54) is 28.8 Å². The molecule has 0 bridgehead atoms. The fraction of sp³-hybridized carbons (Fsp3) is 0.0400. The van der Waals surface area contributed by atoms with Crippen LogP contribution in [0.3, 0.4) is 0 Å². The Labute approximate surface area is 193 Å². The highest BCUT2D eigenvalue weighted by Gasteiger charge is 2.18. The summed E-state index contributed by atoms with van der Waals surface area (Å²) in [5.41, 5.74) is 3.28. The summed E-state index contributed by atoms with van der Waals surface area (Å²) in [6, 6.07) is 24.9. The van der Waals surface area contributed by atoms with Gasteiger partial charge in [-0.1, -0.05) is 66.7 Å². The van der Waals surface area contributed by atoms with Gasteiger partial charge in [0.25, 0.3) is 11.6 Å². The zero-order chi connectivity index (χ0) is 23.5. The van der Waals surface area contributed by atoms with Crippen LogP contribution in [-0.2, 0) is 6.42 Å². The summed E-state index contributed by atoms with van der Waals surface area (Å²) in [5.74, 6) is 0.0553. The average molecular weight is 450 g/mol. The number of carbonyl (C=O) groups excluding carboxylic acids is 1. The molecule has 1 N–H and O–H groups in total. The zero-order valence-electron chi connectivity index (χ0n) is 17.8. The maximum absolute atomic E-state index is 12.9. The maximum atomic E-state index is 12.9. The molecule has 0 spiro atoms. The first-order chi connectivity index (χ1) is 16.6. The second kappa shape index (κ2) is 8.91. The number of benzene rings is 3. The number of nitrogens with zero attached hydrogens (tertiary/aromatic N) is 5. The van der Waals surface area contributed by atoms with Crippen LogP contribution in [0.1, 0.15) is 21.5 Å². The summed E-state index contributed by atoms with van der Waals surface area (Å²) in [6.07, 6.45) is 2.31. The monoisotopic (exact) mass is 450 g/mol. The number of nitro benzene ring substituents is 1. The number of anilines is 1. The van der Waals surface area contributed by atoms with Crippen molar-refractivity contribution in [2.75, 3.05) is 5.32 Å². The van der Waals surface area contributed by atoms with Crippen LogP contribution in [0, 0.1) is 10.1 Å². The van der Waals surface area contributed by atoms with Crippen molar-refractivity contribution in [1.82, 2.24) is 19.6 Å². The van der Waals surface area contributed by atoms with Crippen LogP contribution in [0.4, 0.5) is 11.6 Å². The Bertz CT molecular complexity index is 1500. The van der Waals surface area contributed by atoms with Gasteiger partial charge in [-0.3, -0.25) is 20.2 Å². The fourth-order valence-electron chi connectivity index (χ4n) is 3.60. The van der Waals surface area contributed by atoms with Crippen molar-refractivity contribution in [2.45, 2.75) is 6.42 Å². The van der Waals surface area contributed by atoms with Gasteiger partial charge in [0.2, 0.25) is 5.95 Å². The highest BCUT2D eigenvalue weighted by molar-refractivity contribution is 6.04. The molecule has 1 amide bonds. The topological polar surface area (TPSA) is 115 Å². The van der Waals surface area contributed by atoms with E-state index in [9.17, 15) is 14.9 Å². The van der Waals surface area contributed by atoms with Crippen LogP contribution in [0.2, 0.25) is 0 Å². The molecule has 5 aromatic rings. The number of carbonyl (C=O) groups is 1. The summed E-state index contributed by atoms with van der Waals surface area (Å²) in [4.78, 5) is 32.8. The molecule has 0 atom stereocenters. The third-order valence-corrected chi connectivity index (χ3v) is 5.25. The van der Waals surface area contributed by atoms with Crippen molar-refractivity contribution in [3.63, 3.8) is 0 Å². The SMILES string of the molecule is O=C(Nc1nc(-c2ccccc2)nc2c(Cc3ccccc3)cnn12)c1cccc([N+](=O)[O-])c1. The lowest BCUT2D eigenvalue weighted by molar-refractivity contribution is -0.384. The Morgan fingerprint density at radius 2 is 1.68 bits per heavy atom. The maximum Gasteiger partial charge on any atom is 0.270 e. The second-order valence-electron chi connectivity index (χ2n) is 7.57. The van der Waals surface area contributed by atoms with Crippen LogP contribution >= 0.6 is 0 Å². The summed E-state index contributed by atoms with van der Waals surface area (Å²) in [5, 5.41) is 18.3. The Morgan fingerprint density at radius 1 is 0.941 bits per heavy atom. The molecule has 9 nitrogen and oxygen atoms in total. The summed E-state index contributed by atoms with van der Waals surface area (Å²) < 4.78 is 1.47.